The van der Waals surface area contributed by atoms with Crippen LogP contribution in [0.1, 0.15) is 73.6 Å². The first-order chi connectivity index (χ1) is 11.9. The molecule has 0 unspecified atom stereocenters. The molecule has 146 valence electrons. The summed E-state index contributed by atoms with van der Waals surface area (Å²) < 4.78 is 0. The first-order valence-corrected chi connectivity index (χ1v) is 9.98. The summed E-state index contributed by atoms with van der Waals surface area (Å²) in [5.74, 6) is 0.263. The van der Waals surface area contributed by atoms with Gasteiger partial charge in [0.05, 0.1) is 11.6 Å². The molecular weight excluding hydrogens is 342 g/mol. The normalized spacial score (nSPS) is 15.7. The van der Waals surface area contributed by atoms with Crippen LogP contribution in [0, 0.1) is 5.41 Å². The second kappa shape index (κ2) is 9.60. The van der Waals surface area contributed by atoms with Crippen molar-refractivity contribution in [1.29, 1.82) is 0 Å². The van der Waals surface area contributed by atoms with Crippen LogP contribution < -0.4 is 0 Å². The fraction of sp³-hybridized carbons (Fsp3) is 0.609. The van der Waals surface area contributed by atoms with Crippen molar-refractivity contribution in [3.05, 3.63) is 46.7 Å². The summed E-state index contributed by atoms with van der Waals surface area (Å²) in [5.41, 5.74) is 3.80. The van der Waals surface area contributed by atoms with E-state index in [4.69, 9.17) is 11.6 Å². The number of ketones is 1. The summed E-state index contributed by atoms with van der Waals surface area (Å²) in [5, 5.41) is 0.647. The topological polar surface area (TPSA) is 20.3 Å². The number of carbonyl (C=O) groups excluding carboxylic acids is 1. The standard InChI is InChI=1S/C23H36ClNO/c1-16(2)13-21(24)22(17(3)4)18(5)25(19-11-9-10-12-19)15-20(26)14-23(6,7)8/h13,19H,1,5,9-12,14-15H2,2-4,6-8H3/b21-13+. The van der Waals surface area contributed by atoms with Gasteiger partial charge < -0.3 is 4.90 Å². The van der Waals surface area contributed by atoms with Crippen molar-refractivity contribution in [2.45, 2.75) is 79.7 Å². The minimum absolute atomic E-state index is 0.00337. The van der Waals surface area contributed by atoms with Gasteiger partial charge in [-0.2, -0.15) is 0 Å². The maximum Gasteiger partial charge on any atom is 0.152 e. The van der Waals surface area contributed by atoms with E-state index in [1.165, 1.54) is 12.8 Å². The number of carbonyl (C=O) groups is 1. The summed E-state index contributed by atoms with van der Waals surface area (Å²) in [7, 11) is 0. The first-order valence-electron chi connectivity index (χ1n) is 9.60. The Morgan fingerprint density at radius 3 is 2.12 bits per heavy atom. The van der Waals surface area contributed by atoms with Crippen LogP contribution in [-0.2, 0) is 4.79 Å². The molecule has 26 heavy (non-hydrogen) atoms. The molecule has 0 saturated heterocycles. The lowest BCUT2D eigenvalue weighted by Gasteiger charge is -2.34. The Bertz CT molecular complexity index is 609. The monoisotopic (exact) mass is 377 g/mol. The SMILES string of the molecule is C=C(C)/C=C(/Cl)C(C(=C)N(CC(=O)CC(C)(C)C)C1CCCC1)=C(C)C. The Morgan fingerprint density at radius 1 is 1.15 bits per heavy atom. The van der Waals surface area contributed by atoms with Crippen molar-refractivity contribution < 1.29 is 4.79 Å². The summed E-state index contributed by atoms with van der Waals surface area (Å²) in [6.07, 6.45) is 7.09. The van der Waals surface area contributed by atoms with Crippen LogP contribution in [0.15, 0.2) is 46.7 Å². The van der Waals surface area contributed by atoms with Crippen molar-refractivity contribution in [2.24, 2.45) is 5.41 Å². The van der Waals surface area contributed by atoms with Gasteiger partial charge >= 0.3 is 0 Å². The number of rotatable bonds is 8. The number of hydrogen-bond donors (Lipinski definition) is 0. The molecule has 1 fully saturated rings. The molecule has 0 atom stereocenters. The molecule has 0 heterocycles. The number of Topliss-reactive ketones (excluding diaryl/α,β-unsaturated/α-hetero) is 1. The van der Waals surface area contributed by atoms with Gasteiger partial charge in [0.1, 0.15) is 0 Å². The summed E-state index contributed by atoms with van der Waals surface area (Å²) >= 11 is 6.60. The quantitative estimate of drug-likeness (QED) is 0.434. The number of nitrogens with zero attached hydrogens (tertiary/aromatic N) is 1. The highest BCUT2D eigenvalue weighted by atomic mass is 35.5. The zero-order chi connectivity index (χ0) is 20.1. The van der Waals surface area contributed by atoms with Gasteiger partial charge in [-0.15, -0.1) is 0 Å². The lowest BCUT2D eigenvalue weighted by Crippen LogP contribution is -2.38. The number of halogens is 1. The maximum absolute atomic E-state index is 12.7. The lowest BCUT2D eigenvalue weighted by molar-refractivity contribution is -0.121. The molecule has 1 aliphatic carbocycles. The first kappa shape index (κ1) is 22.8. The Morgan fingerprint density at radius 2 is 1.69 bits per heavy atom. The van der Waals surface area contributed by atoms with Crippen molar-refractivity contribution in [3.63, 3.8) is 0 Å². The van der Waals surface area contributed by atoms with E-state index in [0.717, 1.165) is 35.3 Å². The zero-order valence-electron chi connectivity index (χ0n) is 17.5. The van der Waals surface area contributed by atoms with Crippen LogP contribution in [0.2, 0.25) is 0 Å². The highest BCUT2D eigenvalue weighted by Crippen LogP contribution is 2.34. The molecule has 1 saturated carbocycles. The minimum atomic E-state index is -0.00337. The van der Waals surface area contributed by atoms with E-state index in [9.17, 15) is 4.79 Å². The average Bonchev–Trinajstić information content (AvgIpc) is 2.95. The van der Waals surface area contributed by atoms with E-state index < -0.39 is 0 Å². The maximum atomic E-state index is 12.7. The van der Waals surface area contributed by atoms with Crippen LogP contribution in [0.25, 0.3) is 0 Å². The summed E-state index contributed by atoms with van der Waals surface area (Å²) in [4.78, 5) is 14.9. The van der Waals surface area contributed by atoms with E-state index in [2.05, 4.69) is 38.8 Å². The molecule has 1 aliphatic rings. The van der Waals surface area contributed by atoms with Crippen molar-refractivity contribution in [1.82, 2.24) is 4.90 Å². The van der Waals surface area contributed by atoms with E-state index in [-0.39, 0.29) is 11.2 Å². The van der Waals surface area contributed by atoms with Crippen LogP contribution >= 0.6 is 11.6 Å². The van der Waals surface area contributed by atoms with Gasteiger partial charge in [0, 0.05) is 23.7 Å². The fourth-order valence-electron chi connectivity index (χ4n) is 3.60. The van der Waals surface area contributed by atoms with E-state index in [1.54, 1.807) is 0 Å². The Hall–Kier alpha value is -1.28. The van der Waals surface area contributed by atoms with Crippen LogP contribution in [0.5, 0.6) is 0 Å². The van der Waals surface area contributed by atoms with Gasteiger partial charge in [0.15, 0.2) is 5.78 Å². The molecule has 0 N–H and O–H groups in total. The molecular formula is C23H36ClNO. The number of allylic oxidation sites excluding steroid dienone is 4. The summed E-state index contributed by atoms with van der Waals surface area (Å²) in [6.45, 7) is 21.0. The molecule has 0 spiro atoms. The predicted molar refractivity (Wildman–Crippen MR) is 114 cm³/mol. The molecule has 0 bridgehead atoms. The molecule has 2 nitrogen and oxygen atoms in total. The Labute approximate surface area is 165 Å². The summed E-state index contributed by atoms with van der Waals surface area (Å²) in [6, 6.07) is 0.370. The minimum Gasteiger partial charge on any atom is -0.361 e. The van der Waals surface area contributed by atoms with Crippen LogP contribution in [0.4, 0.5) is 0 Å². The molecule has 3 heteroatoms. The van der Waals surface area contributed by atoms with E-state index >= 15 is 0 Å². The van der Waals surface area contributed by atoms with Crippen LogP contribution in [0.3, 0.4) is 0 Å². The third-order valence-corrected chi connectivity index (χ3v) is 4.88. The van der Waals surface area contributed by atoms with Crippen LogP contribution in [-0.4, -0.2) is 23.3 Å². The third kappa shape index (κ3) is 7.15. The van der Waals surface area contributed by atoms with Gasteiger partial charge in [-0.3, -0.25) is 4.79 Å². The smallest absolute Gasteiger partial charge is 0.152 e. The second-order valence-corrected chi connectivity index (χ2v) is 9.41. The zero-order valence-corrected chi connectivity index (χ0v) is 18.3. The fourth-order valence-corrected chi connectivity index (χ4v) is 4.08. The Kier molecular flexibility index (Phi) is 8.40. The molecule has 0 radical (unpaired) electrons. The van der Waals surface area contributed by atoms with E-state index in [1.807, 2.05) is 26.8 Å². The highest BCUT2D eigenvalue weighted by molar-refractivity contribution is 6.32. The van der Waals surface area contributed by atoms with Gasteiger partial charge in [-0.25, -0.2) is 0 Å². The van der Waals surface area contributed by atoms with Crippen molar-refractivity contribution in [3.8, 4) is 0 Å². The molecule has 0 aliphatic heterocycles. The second-order valence-electron chi connectivity index (χ2n) is 9.00. The van der Waals surface area contributed by atoms with Gasteiger partial charge in [0.2, 0.25) is 0 Å². The highest BCUT2D eigenvalue weighted by Gasteiger charge is 2.29. The molecule has 1 rings (SSSR count). The Balaban J connectivity index is 3.15. The predicted octanol–water partition coefficient (Wildman–Crippen LogP) is 6.79. The lowest BCUT2D eigenvalue weighted by atomic mass is 9.89. The van der Waals surface area contributed by atoms with Gasteiger partial charge in [-0.1, -0.05) is 69.5 Å². The van der Waals surface area contributed by atoms with Crippen molar-refractivity contribution >= 4 is 17.4 Å². The molecule has 0 aromatic rings. The van der Waals surface area contributed by atoms with Crippen molar-refractivity contribution in [2.75, 3.05) is 6.54 Å². The molecule has 0 aromatic heterocycles. The number of hydrogen-bond acceptors (Lipinski definition) is 2. The van der Waals surface area contributed by atoms with Gasteiger partial charge in [0.25, 0.3) is 0 Å². The molecule has 0 amide bonds. The molecule has 0 aromatic carbocycles. The van der Waals surface area contributed by atoms with Gasteiger partial charge in [-0.05, 0) is 45.1 Å². The largest absolute Gasteiger partial charge is 0.361 e. The average molecular weight is 378 g/mol. The van der Waals surface area contributed by atoms with E-state index in [0.29, 0.717) is 24.0 Å². The third-order valence-electron chi connectivity index (χ3n) is 4.59.